The fourth-order valence-electron chi connectivity index (χ4n) is 4.73. The zero-order chi connectivity index (χ0) is 14.7. The predicted octanol–water partition coefficient (Wildman–Crippen LogP) is 2.40. The molecule has 3 rings (SSSR count). The summed E-state index contributed by atoms with van der Waals surface area (Å²) in [5.41, 5.74) is 5.89. The molecule has 2 N–H and O–H groups in total. The van der Waals surface area contributed by atoms with E-state index < -0.39 is 0 Å². The van der Waals surface area contributed by atoms with Crippen LogP contribution in [-0.4, -0.2) is 54.0 Å². The number of nitrogens with two attached hydrogens (primary N) is 1. The number of likely N-dealkylation sites (tertiary alicyclic amines) is 2. The molecule has 1 aliphatic carbocycles. The maximum atomic E-state index is 12.8. The van der Waals surface area contributed by atoms with Gasteiger partial charge in [0.05, 0.1) is 6.54 Å². The van der Waals surface area contributed by atoms with Crippen LogP contribution in [0.2, 0.25) is 0 Å². The number of carbonyl (C=O) groups is 1. The van der Waals surface area contributed by atoms with Gasteiger partial charge in [0.2, 0.25) is 5.91 Å². The number of nitrogens with zero attached hydrogens (tertiary/aromatic N) is 2. The van der Waals surface area contributed by atoms with Crippen molar-refractivity contribution < 1.29 is 4.79 Å². The Morgan fingerprint density at radius 2 is 1.68 bits per heavy atom. The van der Waals surface area contributed by atoms with Crippen LogP contribution in [-0.2, 0) is 4.79 Å². The summed E-state index contributed by atoms with van der Waals surface area (Å²) in [7, 11) is 0. The molecule has 3 aliphatic rings. The Hall–Kier alpha value is -0.320. The van der Waals surface area contributed by atoms with E-state index in [9.17, 15) is 4.79 Å². The van der Waals surface area contributed by atoms with Crippen LogP contribution in [0.25, 0.3) is 0 Å². The minimum absolute atomic E-state index is 0. The molecule has 2 heterocycles. The highest BCUT2D eigenvalue weighted by Crippen LogP contribution is 2.35. The molecule has 3 fully saturated rings. The highest BCUT2D eigenvalue weighted by molar-refractivity contribution is 5.85. The molecule has 3 unspecified atom stereocenters. The van der Waals surface area contributed by atoms with E-state index in [1.807, 2.05) is 0 Å². The molecule has 3 atom stereocenters. The van der Waals surface area contributed by atoms with Gasteiger partial charge >= 0.3 is 0 Å². The molecule has 2 aliphatic heterocycles. The number of fused-ring (bicyclic) bond motifs is 1. The molecule has 0 spiro atoms. The summed E-state index contributed by atoms with van der Waals surface area (Å²) < 4.78 is 0. The third-order valence-electron chi connectivity index (χ3n) is 5.92. The van der Waals surface area contributed by atoms with Crippen molar-refractivity contribution in [3.05, 3.63) is 0 Å². The third kappa shape index (κ3) is 3.95. The molecule has 2 saturated heterocycles. The summed E-state index contributed by atoms with van der Waals surface area (Å²) in [6.07, 6.45) is 11.4. The van der Waals surface area contributed by atoms with Crippen molar-refractivity contribution in [2.24, 2.45) is 11.7 Å². The lowest BCUT2D eigenvalue weighted by Gasteiger charge is -2.45. The summed E-state index contributed by atoms with van der Waals surface area (Å²) >= 11 is 0. The molecule has 0 aromatic rings. The monoisotopic (exact) mass is 329 g/mol. The second-order valence-electron chi connectivity index (χ2n) is 7.20. The Bertz CT molecular complexity index is 364. The van der Waals surface area contributed by atoms with Crippen LogP contribution in [0.5, 0.6) is 0 Å². The molecule has 1 saturated carbocycles. The van der Waals surface area contributed by atoms with Crippen LogP contribution in [0, 0.1) is 5.92 Å². The van der Waals surface area contributed by atoms with Gasteiger partial charge in [-0.3, -0.25) is 9.69 Å². The number of hydrogen-bond donors (Lipinski definition) is 1. The van der Waals surface area contributed by atoms with E-state index in [1.54, 1.807) is 0 Å². The number of rotatable bonds is 3. The molecule has 5 heteroatoms. The average molecular weight is 330 g/mol. The molecule has 128 valence electrons. The van der Waals surface area contributed by atoms with Gasteiger partial charge in [-0.25, -0.2) is 0 Å². The SMILES string of the molecule is Cl.NCC1CCCCN1CC(=O)N1CCCC2CCCCC21. The lowest BCUT2D eigenvalue weighted by molar-refractivity contribution is -0.139. The van der Waals surface area contributed by atoms with Crippen molar-refractivity contribution in [3.8, 4) is 0 Å². The van der Waals surface area contributed by atoms with Gasteiger partial charge < -0.3 is 10.6 Å². The first kappa shape index (κ1) is 18.0. The smallest absolute Gasteiger partial charge is 0.237 e. The summed E-state index contributed by atoms with van der Waals surface area (Å²) in [6.45, 7) is 3.33. The number of hydrogen-bond acceptors (Lipinski definition) is 3. The van der Waals surface area contributed by atoms with Gasteiger partial charge in [-0.05, 0) is 51.0 Å². The number of halogens is 1. The zero-order valence-corrected chi connectivity index (χ0v) is 14.5. The second kappa shape index (κ2) is 8.51. The topological polar surface area (TPSA) is 49.6 Å². The van der Waals surface area contributed by atoms with Gasteiger partial charge in [-0.2, -0.15) is 0 Å². The zero-order valence-electron chi connectivity index (χ0n) is 13.7. The van der Waals surface area contributed by atoms with E-state index in [-0.39, 0.29) is 12.4 Å². The van der Waals surface area contributed by atoms with Gasteiger partial charge in [0, 0.05) is 25.2 Å². The number of piperidine rings is 2. The lowest BCUT2D eigenvalue weighted by Crippen LogP contribution is -2.54. The molecule has 0 bridgehead atoms. The van der Waals surface area contributed by atoms with Crippen molar-refractivity contribution in [2.45, 2.75) is 69.9 Å². The van der Waals surface area contributed by atoms with Gasteiger partial charge in [0.25, 0.3) is 0 Å². The average Bonchev–Trinajstić information content (AvgIpc) is 2.54. The number of amides is 1. The van der Waals surface area contributed by atoms with E-state index in [0.717, 1.165) is 25.4 Å². The normalized spacial score (nSPS) is 33.0. The van der Waals surface area contributed by atoms with Crippen LogP contribution in [0.15, 0.2) is 0 Å². The summed E-state index contributed by atoms with van der Waals surface area (Å²) in [5, 5.41) is 0. The van der Waals surface area contributed by atoms with Crippen LogP contribution < -0.4 is 5.73 Å². The molecule has 4 nitrogen and oxygen atoms in total. The van der Waals surface area contributed by atoms with Crippen LogP contribution in [0.3, 0.4) is 0 Å². The van der Waals surface area contributed by atoms with Crippen molar-refractivity contribution >= 4 is 18.3 Å². The Kier molecular flexibility index (Phi) is 6.97. The first-order chi connectivity index (χ1) is 10.3. The van der Waals surface area contributed by atoms with E-state index in [1.165, 1.54) is 51.4 Å². The fourth-order valence-corrected chi connectivity index (χ4v) is 4.73. The van der Waals surface area contributed by atoms with Gasteiger partial charge in [-0.1, -0.05) is 19.3 Å². The summed E-state index contributed by atoms with van der Waals surface area (Å²) in [6, 6.07) is 0.968. The van der Waals surface area contributed by atoms with E-state index in [4.69, 9.17) is 5.73 Å². The molecule has 0 radical (unpaired) electrons. The number of carbonyl (C=O) groups excluding carboxylic acids is 1. The van der Waals surface area contributed by atoms with Crippen molar-refractivity contribution in [3.63, 3.8) is 0 Å². The molecular weight excluding hydrogens is 298 g/mol. The Labute approximate surface area is 141 Å². The van der Waals surface area contributed by atoms with Gasteiger partial charge in [0.1, 0.15) is 0 Å². The quantitative estimate of drug-likeness (QED) is 0.865. The first-order valence-electron chi connectivity index (χ1n) is 9.03. The summed E-state index contributed by atoms with van der Waals surface area (Å²) in [5.74, 6) is 1.15. The minimum atomic E-state index is 0. The largest absolute Gasteiger partial charge is 0.338 e. The molecular formula is C17H32ClN3O. The van der Waals surface area contributed by atoms with Crippen LogP contribution in [0.4, 0.5) is 0 Å². The highest BCUT2D eigenvalue weighted by Gasteiger charge is 2.36. The fraction of sp³-hybridized carbons (Fsp3) is 0.941. The maximum absolute atomic E-state index is 12.8. The summed E-state index contributed by atoms with van der Waals surface area (Å²) in [4.78, 5) is 17.4. The minimum Gasteiger partial charge on any atom is -0.338 e. The van der Waals surface area contributed by atoms with Crippen LogP contribution >= 0.6 is 12.4 Å². The highest BCUT2D eigenvalue weighted by atomic mass is 35.5. The van der Waals surface area contributed by atoms with Crippen molar-refractivity contribution in [1.29, 1.82) is 0 Å². The molecule has 0 aromatic heterocycles. The molecule has 22 heavy (non-hydrogen) atoms. The Balaban J connectivity index is 0.00000176. The van der Waals surface area contributed by atoms with Crippen molar-refractivity contribution in [1.82, 2.24) is 9.80 Å². The van der Waals surface area contributed by atoms with Crippen LogP contribution in [0.1, 0.15) is 57.8 Å². The predicted molar refractivity (Wildman–Crippen MR) is 92.2 cm³/mol. The van der Waals surface area contributed by atoms with E-state index in [2.05, 4.69) is 9.80 Å². The maximum Gasteiger partial charge on any atom is 0.237 e. The lowest BCUT2D eigenvalue weighted by atomic mass is 9.78. The second-order valence-corrected chi connectivity index (χ2v) is 7.20. The van der Waals surface area contributed by atoms with E-state index in [0.29, 0.717) is 31.1 Å². The van der Waals surface area contributed by atoms with Gasteiger partial charge in [0.15, 0.2) is 0 Å². The Morgan fingerprint density at radius 1 is 0.955 bits per heavy atom. The Morgan fingerprint density at radius 3 is 2.50 bits per heavy atom. The van der Waals surface area contributed by atoms with Gasteiger partial charge in [-0.15, -0.1) is 12.4 Å². The standard InChI is InChI=1S/C17H31N3O.ClH/c18-12-15-8-3-4-10-19(15)13-17(21)20-11-5-7-14-6-1-2-9-16(14)20;/h14-16H,1-13,18H2;1H. The van der Waals surface area contributed by atoms with Crippen molar-refractivity contribution in [2.75, 3.05) is 26.2 Å². The third-order valence-corrected chi connectivity index (χ3v) is 5.92. The van der Waals surface area contributed by atoms with E-state index >= 15 is 0 Å². The first-order valence-corrected chi connectivity index (χ1v) is 9.03. The molecule has 1 amide bonds. The molecule has 0 aromatic carbocycles.